The van der Waals surface area contributed by atoms with Crippen LogP contribution in [0.5, 0.6) is 0 Å². The summed E-state index contributed by atoms with van der Waals surface area (Å²) >= 11 is 0. The molecule has 1 saturated heterocycles. The van der Waals surface area contributed by atoms with E-state index in [9.17, 15) is 8.42 Å². The van der Waals surface area contributed by atoms with E-state index in [2.05, 4.69) is 10.1 Å². The number of rotatable bonds is 4. The van der Waals surface area contributed by atoms with E-state index in [-0.39, 0.29) is 17.3 Å². The van der Waals surface area contributed by atoms with Crippen LogP contribution in [0.4, 0.5) is 0 Å². The molecule has 0 aromatic carbocycles. The number of nitrogens with two attached hydrogens (primary N) is 1. The minimum absolute atomic E-state index is 0. The fourth-order valence-corrected chi connectivity index (χ4v) is 4.33. The monoisotopic (exact) mass is 338 g/mol. The molecule has 0 bridgehead atoms. The summed E-state index contributed by atoms with van der Waals surface area (Å²) in [6.07, 6.45) is 0.808. The quantitative estimate of drug-likeness (QED) is 0.852. The molecule has 2 heterocycles. The van der Waals surface area contributed by atoms with Crippen molar-refractivity contribution in [3.05, 3.63) is 11.5 Å². The van der Waals surface area contributed by atoms with Crippen molar-refractivity contribution in [2.24, 2.45) is 5.73 Å². The number of nitrogens with zero attached hydrogens (tertiary/aromatic N) is 3. The lowest BCUT2D eigenvalue weighted by Crippen LogP contribution is -2.36. The number of hydrogen-bond acceptors (Lipinski definition) is 6. The summed E-state index contributed by atoms with van der Waals surface area (Å²) < 4.78 is 31.9. The van der Waals surface area contributed by atoms with Crippen LogP contribution in [0.3, 0.4) is 0 Å². The summed E-state index contributed by atoms with van der Waals surface area (Å²) in [7, 11) is -3.52. The second-order valence-electron chi connectivity index (χ2n) is 5.04. The largest absolute Gasteiger partial charge is 0.360 e. The zero-order valence-electron chi connectivity index (χ0n) is 12.4. The Balaban J connectivity index is 0.00000220. The number of sulfonamides is 1. The van der Waals surface area contributed by atoms with E-state index in [1.807, 2.05) is 0 Å². The van der Waals surface area contributed by atoms with Gasteiger partial charge in [-0.15, -0.1) is 12.4 Å². The third kappa shape index (κ3) is 3.95. The lowest BCUT2D eigenvalue weighted by atomic mass is 10.4. The van der Waals surface area contributed by atoms with Crippen LogP contribution in [0.1, 0.15) is 17.9 Å². The van der Waals surface area contributed by atoms with E-state index >= 15 is 0 Å². The van der Waals surface area contributed by atoms with E-state index in [0.29, 0.717) is 37.6 Å². The predicted molar refractivity (Wildman–Crippen MR) is 82.1 cm³/mol. The summed E-state index contributed by atoms with van der Waals surface area (Å²) in [6, 6.07) is 0. The Morgan fingerprint density at radius 1 is 1.24 bits per heavy atom. The zero-order valence-corrected chi connectivity index (χ0v) is 14.0. The summed E-state index contributed by atoms with van der Waals surface area (Å²) in [5.41, 5.74) is 5.98. The van der Waals surface area contributed by atoms with Crippen molar-refractivity contribution in [1.82, 2.24) is 14.4 Å². The molecule has 2 N–H and O–H groups in total. The van der Waals surface area contributed by atoms with Gasteiger partial charge in [0.2, 0.25) is 10.0 Å². The molecule has 0 aliphatic carbocycles. The first-order valence-corrected chi connectivity index (χ1v) is 8.26. The molecule has 1 aromatic rings. The molecule has 1 aromatic heterocycles. The number of halogens is 1. The number of aryl methyl sites for hydroxylation is 2. The minimum Gasteiger partial charge on any atom is -0.360 e. The van der Waals surface area contributed by atoms with Crippen molar-refractivity contribution in [1.29, 1.82) is 0 Å². The molecule has 0 spiro atoms. The van der Waals surface area contributed by atoms with Gasteiger partial charge >= 0.3 is 0 Å². The van der Waals surface area contributed by atoms with Crippen molar-refractivity contribution in [3.63, 3.8) is 0 Å². The van der Waals surface area contributed by atoms with Crippen LogP contribution < -0.4 is 5.73 Å². The lowest BCUT2D eigenvalue weighted by Gasteiger charge is -2.21. The molecule has 0 radical (unpaired) electrons. The standard InChI is InChI=1S/C12H22N4O3S.ClH/c1-10-12(11(2)19-14-10)20(17,18)16-6-3-5-15(7-4-13)8-9-16;/h3-9,13H2,1-2H3;1H. The van der Waals surface area contributed by atoms with Gasteiger partial charge in [-0.05, 0) is 26.8 Å². The van der Waals surface area contributed by atoms with Crippen LogP contribution in [-0.2, 0) is 10.0 Å². The molecule has 0 saturated carbocycles. The molecular formula is C12H23ClN4O3S. The summed E-state index contributed by atoms with van der Waals surface area (Å²) in [6.45, 7) is 7.27. The van der Waals surface area contributed by atoms with Gasteiger partial charge in [0.15, 0.2) is 5.76 Å². The average Bonchev–Trinajstić information content (AvgIpc) is 2.62. The van der Waals surface area contributed by atoms with Gasteiger partial charge in [-0.2, -0.15) is 4.31 Å². The Kier molecular flexibility index (Phi) is 6.61. The van der Waals surface area contributed by atoms with Gasteiger partial charge in [-0.3, -0.25) is 0 Å². The van der Waals surface area contributed by atoms with Gasteiger partial charge in [0.1, 0.15) is 10.6 Å². The number of hydrogen-bond donors (Lipinski definition) is 1. The second-order valence-corrected chi connectivity index (χ2v) is 6.92. The fraction of sp³-hybridized carbons (Fsp3) is 0.750. The molecule has 7 nitrogen and oxygen atoms in total. The molecule has 21 heavy (non-hydrogen) atoms. The molecule has 1 aliphatic heterocycles. The number of aromatic nitrogens is 1. The predicted octanol–water partition coefficient (Wildman–Crippen LogP) is 0.368. The molecule has 122 valence electrons. The molecular weight excluding hydrogens is 316 g/mol. The van der Waals surface area contributed by atoms with Crippen molar-refractivity contribution in [3.8, 4) is 0 Å². The van der Waals surface area contributed by atoms with Crippen LogP contribution >= 0.6 is 12.4 Å². The first kappa shape index (κ1) is 18.4. The second kappa shape index (κ2) is 7.55. The Labute approximate surface area is 131 Å². The van der Waals surface area contributed by atoms with Crippen LogP contribution in [-0.4, -0.2) is 62.0 Å². The van der Waals surface area contributed by atoms with Crippen LogP contribution in [0.2, 0.25) is 0 Å². The Bertz CT molecular complexity index is 541. The van der Waals surface area contributed by atoms with Gasteiger partial charge < -0.3 is 15.2 Å². The first-order chi connectivity index (χ1) is 9.46. The highest BCUT2D eigenvalue weighted by Crippen LogP contribution is 2.24. The first-order valence-electron chi connectivity index (χ1n) is 6.82. The van der Waals surface area contributed by atoms with E-state index in [1.165, 1.54) is 4.31 Å². The van der Waals surface area contributed by atoms with Gasteiger partial charge in [-0.1, -0.05) is 5.16 Å². The summed E-state index contributed by atoms with van der Waals surface area (Å²) in [5, 5.41) is 3.74. The Morgan fingerprint density at radius 2 is 1.95 bits per heavy atom. The van der Waals surface area contributed by atoms with Gasteiger partial charge in [-0.25, -0.2) is 8.42 Å². The van der Waals surface area contributed by atoms with Crippen LogP contribution in [0.15, 0.2) is 9.42 Å². The van der Waals surface area contributed by atoms with E-state index in [4.69, 9.17) is 10.3 Å². The lowest BCUT2D eigenvalue weighted by molar-refractivity contribution is 0.294. The molecule has 0 unspecified atom stereocenters. The summed E-state index contributed by atoms with van der Waals surface area (Å²) in [4.78, 5) is 2.41. The van der Waals surface area contributed by atoms with Crippen LogP contribution in [0, 0.1) is 13.8 Å². The zero-order chi connectivity index (χ0) is 14.8. The highest BCUT2D eigenvalue weighted by molar-refractivity contribution is 7.89. The normalized spacial score (nSPS) is 18.2. The maximum Gasteiger partial charge on any atom is 0.248 e. The van der Waals surface area contributed by atoms with Crippen molar-refractivity contribution < 1.29 is 12.9 Å². The third-order valence-electron chi connectivity index (χ3n) is 3.56. The Morgan fingerprint density at radius 3 is 2.52 bits per heavy atom. The van der Waals surface area contributed by atoms with Gasteiger partial charge in [0, 0.05) is 32.7 Å². The highest BCUT2D eigenvalue weighted by atomic mass is 35.5. The molecule has 1 fully saturated rings. The topological polar surface area (TPSA) is 92.7 Å². The van der Waals surface area contributed by atoms with E-state index in [0.717, 1.165) is 19.5 Å². The van der Waals surface area contributed by atoms with Crippen molar-refractivity contribution in [2.75, 3.05) is 39.3 Å². The Hall–Kier alpha value is -0.670. The summed E-state index contributed by atoms with van der Waals surface area (Å²) in [5.74, 6) is 0.352. The minimum atomic E-state index is -3.52. The van der Waals surface area contributed by atoms with Gasteiger partial charge in [0.05, 0.1) is 0 Å². The molecule has 0 amide bonds. The third-order valence-corrected chi connectivity index (χ3v) is 5.70. The van der Waals surface area contributed by atoms with Crippen LogP contribution in [0.25, 0.3) is 0 Å². The smallest absolute Gasteiger partial charge is 0.248 e. The SMILES string of the molecule is Cc1noc(C)c1S(=O)(=O)N1CCCN(CCN)CC1.Cl. The highest BCUT2D eigenvalue weighted by Gasteiger charge is 2.31. The fourth-order valence-electron chi connectivity index (χ4n) is 2.57. The molecule has 9 heteroatoms. The molecule has 1 aliphatic rings. The van der Waals surface area contributed by atoms with Crippen molar-refractivity contribution in [2.45, 2.75) is 25.2 Å². The average molecular weight is 339 g/mol. The molecule has 0 atom stereocenters. The molecule has 2 rings (SSSR count). The van der Waals surface area contributed by atoms with Crippen molar-refractivity contribution >= 4 is 22.4 Å². The van der Waals surface area contributed by atoms with E-state index < -0.39 is 10.0 Å². The maximum atomic E-state index is 12.7. The maximum absolute atomic E-state index is 12.7. The van der Waals surface area contributed by atoms with Gasteiger partial charge in [0.25, 0.3) is 0 Å². The van der Waals surface area contributed by atoms with E-state index in [1.54, 1.807) is 13.8 Å².